The molecule has 0 amide bonds. The van der Waals surface area contributed by atoms with Gasteiger partial charge in [-0.15, -0.1) is 0 Å². The Balaban J connectivity index is 2.07. The summed E-state index contributed by atoms with van der Waals surface area (Å²) in [6.45, 7) is 0. The number of hydrazone groups is 1. The van der Waals surface area contributed by atoms with Crippen molar-refractivity contribution in [2.24, 2.45) is 5.10 Å². The monoisotopic (exact) mass is 309 g/mol. The molecule has 0 saturated heterocycles. The van der Waals surface area contributed by atoms with Crippen molar-refractivity contribution < 1.29 is 4.79 Å². The Hall–Kier alpha value is -2.64. The van der Waals surface area contributed by atoms with E-state index in [0.717, 1.165) is 11.3 Å². The van der Waals surface area contributed by atoms with Crippen LogP contribution in [0.5, 0.6) is 0 Å². The molecule has 1 aliphatic heterocycles. The molecule has 0 aliphatic carbocycles. The molecule has 5 heteroatoms. The average Bonchev–Trinajstić information content (AvgIpc) is 2.56. The van der Waals surface area contributed by atoms with Crippen LogP contribution in [0.15, 0.2) is 59.7 Å². The number of halogens is 1. The van der Waals surface area contributed by atoms with Crippen molar-refractivity contribution in [3.05, 3.63) is 65.2 Å². The quantitative estimate of drug-likeness (QED) is 0.849. The van der Waals surface area contributed by atoms with Gasteiger partial charge in [0.25, 0.3) is 0 Å². The van der Waals surface area contributed by atoms with Crippen molar-refractivity contribution in [2.75, 3.05) is 5.01 Å². The maximum absolute atomic E-state index is 12.0. The van der Waals surface area contributed by atoms with Crippen LogP contribution in [0.3, 0.4) is 0 Å². The fraction of sp³-hybridized carbons (Fsp3) is 0.118. The van der Waals surface area contributed by atoms with E-state index in [4.69, 9.17) is 16.9 Å². The van der Waals surface area contributed by atoms with Crippen molar-refractivity contribution in [2.45, 2.75) is 12.5 Å². The summed E-state index contributed by atoms with van der Waals surface area (Å²) in [7, 11) is 0. The van der Waals surface area contributed by atoms with Gasteiger partial charge < -0.3 is 0 Å². The van der Waals surface area contributed by atoms with Gasteiger partial charge in [0.1, 0.15) is 6.07 Å². The molecule has 3 rings (SSSR count). The van der Waals surface area contributed by atoms with Crippen LogP contribution in [0.1, 0.15) is 18.0 Å². The smallest absolute Gasteiger partial charge is 0.203 e. The molecule has 0 saturated carbocycles. The summed E-state index contributed by atoms with van der Waals surface area (Å²) in [6.07, 6.45) is 0.221. The first-order valence-corrected chi connectivity index (χ1v) is 7.18. The van der Waals surface area contributed by atoms with Gasteiger partial charge in [0, 0.05) is 11.4 Å². The van der Waals surface area contributed by atoms with Crippen LogP contribution >= 0.6 is 11.6 Å². The number of ketones is 1. The van der Waals surface area contributed by atoms with Crippen molar-refractivity contribution in [3.8, 4) is 6.07 Å². The highest BCUT2D eigenvalue weighted by Crippen LogP contribution is 2.33. The lowest BCUT2D eigenvalue weighted by atomic mass is 9.97. The number of hydrogen-bond acceptors (Lipinski definition) is 4. The fourth-order valence-corrected chi connectivity index (χ4v) is 2.57. The molecule has 22 heavy (non-hydrogen) atoms. The minimum atomic E-state index is -0.235. The van der Waals surface area contributed by atoms with E-state index in [0.29, 0.717) is 5.02 Å². The Morgan fingerprint density at radius 3 is 2.45 bits per heavy atom. The van der Waals surface area contributed by atoms with Crippen molar-refractivity contribution in [1.82, 2.24) is 0 Å². The van der Waals surface area contributed by atoms with Gasteiger partial charge in [0.15, 0.2) is 5.78 Å². The van der Waals surface area contributed by atoms with E-state index in [-0.39, 0.29) is 24.0 Å². The minimum absolute atomic E-state index is 0.0675. The highest BCUT2D eigenvalue weighted by molar-refractivity contribution is 6.46. The summed E-state index contributed by atoms with van der Waals surface area (Å²) in [6, 6.07) is 18.5. The lowest BCUT2D eigenvalue weighted by molar-refractivity contribution is -0.113. The van der Waals surface area contributed by atoms with Crippen LogP contribution in [0.4, 0.5) is 5.69 Å². The van der Waals surface area contributed by atoms with Crippen molar-refractivity contribution in [1.29, 1.82) is 5.26 Å². The van der Waals surface area contributed by atoms with Gasteiger partial charge in [-0.05, 0) is 29.8 Å². The van der Waals surface area contributed by atoms with E-state index in [1.165, 1.54) is 0 Å². The standard InChI is InChI=1S/C17H12ClN3O/c18-13-6-8-14(9-7-13)21-16(12-4-2-1-3-5-12)10-17(22)15(11-19)20-21/h1-9,16H,10H2. The summed E-state index contributed by atoms with van der Waals surface area (Å²) < 4.78 is 0. The van der Waals surface area contributed by atoms with Crippen LogP contribution in [0.25, 0.3) is 0 Å². The number of nitrogens with zero attached hydrogens (tertiary/aromatic N) is 3. The number of anilines is 1. The van der Waals surface area contributed by atoms with E-state index in [9.17, 15) is 4.79 Å². The molecule has 1 unspecified atom stereocenters. The maximum Gasteiger partial charge on any atom is 0.203 e. The Bertz CT molecular complexity index is 763. The van der Waals surface area contributed by atoms with Gasteiger partial charge in [0.05, 0.1) is 11.7 Å². The predicted molar refractivity (Wildman–Crippen MR) is 85.8 cm³/mol. The average molecular weight is 310 g/mol. The van der Waals surface area contributed by atoms with E-state index in [1.807, 2.05) is 48.5 Å². The number of carbonyl (C=O) groups excluding carboxylic acids is 1. The second-order valence-electron chi connectivity index (χ2n) is 4.94. The summed E-state index contributed by atoms with van der Waals surface area (Å²) in [5.41, 5.74) is 1.70. The molecule has 0 radical (unpaired) electrons. The normalized spacial score (nSPS) is 17.8. The molecular formula is C17H12ClN3O. The zero-order valence-corrected chi connectivity index (χ0v) is 12.4. The lowest BCUT2D eigenvalue weighted by Gasteiger charge is -2.32. The molecule has 4 nitrogen and oxygen atoms in total. The summed E-state index contributed by atoms with van der Waals surface area (Å²) in [5.74, 6) is -0.235. The number of nitriles is 1. The fourth-order valence-electron chi connectivity index (χ4n) is 2.44. The van der Waals surface area contributed by atoms with Crippen molar-refractivity contribution >= 4 is 28.8 Å². The summed E-state index contributed by atoms with van der Waals surface area (Å²) in [5, 5.41) is 15.6. The van der Waals surface area contributed by atoms with E-state index >= 15 is 0 Å². The molecular weight excluding hydrogens is 298 g/mol. The minimum Gasteiger partial charge on any atom is -0.291 e. The Kier molecular flexibility index (Phi) is 3.90. The Morgan fingerprint density at radius 2 is 1.82 bits per heavy atom. The highest BCUT2D eigenvalue weighted by Gasteiger charge is 2.31. The van der Waals surface area contributed by atoms with Gasteiger partial charge >= 0.3 is 0 Å². The van der Waals surface area contributed by atoms with Crippen LogP contribution in [0, 0.1) is 11.3 Å². The van der Waals surface area contributed by atoms with Crippen LogP contribution in [-0.2, 0) is 4.79 Å². The molecule has 0 fully saturated rings. The van der Waals surface area contributed by atoms with Gasteiger partial charge in [-0.1, -0.05) is 41.9 Å². The SMILES string of the molecule is N#CC1=NN(c2ccc(Cl)cc2)C(c2ccccc2)CC1=O. The van der Waals surface area contributed by atoms with Gasteiger partial charge in [-0.3, -0.25) is 9.80 Å². The van der Waals surface area contributed by atoms with Gasteiger partial charge in [-0.25, -0.2) is 0 Å². The Morgan fingerprint density at radius 1 is 1.14 bits per heavy atom. The van der Waals surface area contributed by atoms with Crippen LogP contribution < -0.4 is 5.01 Å². The Labute approximate surface area is 133 Å². The third kappa shape index (κ3) is 2.72. The molecule has 1 aliphatic rings. The molecule has 1 heterocycles. The molecule has 1 atom stereocenters. The molecule has 0 aromatic heterocycles. The van der Waals surface area contributed by atoms with Gasteiger partial charge in [-0.2, -0.15) is 10.4 Å². The topological polar surface area (TPSA) is 56.5 Å². The lowest BCUT2D eigenvalue weighted by Crippen LogP contribution is -2.34. The highest BCUT2D eigenvalue weighted by atomic mass is 35.5. The summed E-state index contributed by atoms with van der Waals surface area (Å²) in [4.78, 5) is 12.0. The molecule has 0 N–H and O–H groups in total. The molecule has 0 spiro atoms. The molecule has 2 aromatic carbocycles. The third-order valence-electron chi connectivity index (χ3n) is 3.53. The van der Waals surface area contributed by atoms with E-state index < -0.39 is 0 Å². The largest absolute Gasteiger partial charge is 0.291 e. The van der Waals surface area contributed by atoms with E-state index in [2.05, 4.69) is 5.10 Å². The summed E-state index contributed by atoms with van der Waals surface area (Å²) >= 11 is 5.92. The molecule has 2 aromatic rings. The number of rotatable bonds is 2. The van der Waals surface area contributed by atoms with Crippen LogP contribution in [0.2, 0.25) is 5.02 Å². The zero-order valence-electron chi connectivity index (χ0n) is 11.6. The van der Waals surface area contributed by atoms with Crippen LogP contribution in [-0.4, -0.2) is 11.5 Å². The second kappa shape index (κ2) is 6.00. The number of Topliss-reactive ketones (excluding diaryl/α,β-unsaturated/α-hetero) is 1. The first-order valence-electron chi connectivity index (χ1n) is 6.80. The first kappa shape index (κ1) is 14.3. The molecule has 0 bridgehead atoms. The predicted octanol–water partition coefficient (Wildman–Crippen LogP) is 3.74. The van der Waals surface area contributed by atoms with E-state index in [1.54, 1.807) is 17.1 Å². The maximum atomic E-state index is 12.0. The van der Waals surface area contributed by atoms with Gasteiger partial charge in [0.2, 0.25) is 5.71 Å². The first-order chi connectivity index (χ1) is 10.7. The number of benzene rings is 2. The zero-order chi connectivity index (χ0) is 15.5. The molecule has 108 valence electrons. The number of carbonyl (C=O) groups is 1. The second-order valence-corrected chi connectivity index (χ2v) is 5.37. The van der Waals surface area contributed by atoms with Crippen molar-refractivity contribution in [3.63, 3.8) is 0 Å². The number of hydrogen-bond donors (Lipinski definition) is 0. The third-order valence-corrected chi connectivity index (χ3v) is 3.78.